The molecule has 0 aromatic carbocycles. The Labute approximate surface area is 100 Å². The molecule has 0 aromatic rings. The molecule has 0 aliphatic rings. The summed E-state index contributed by atoms with van der Waals surface area (Å²) in [6.45, 7) is 8.29. The Morgan fingerprint density at radius 1 is 1.12 bits per heavy atom. The van der Waals surface area contributed by atoms with Gasteiger partial charge in [-0.05, 0) is 12.3 Å². The molecule has 0 heterocycles. The Kier molecular flexibility index (Phi) is 8.33. The first-order valence-electron chi connectivity index (χ1n) is 6.31. The second-order valence-electron chi connectivity index (χ2n) is 4.95. The van der Waals surface area contributed by atoms with Crippen LogP contribution in [0.4, 0.5) is 0 Å². The summed E-state index contributed by atoms with van der Waals surface area (Å²) in [7, 11) is 0. The lowest BCUT2D eigenvalue weighted by Gasteiger charge is -2.14. The minimum Gasteiger partial charge on any atom is -0.368 e. The van der Waals surface area contributed by atoms with E-state index >= 15 is 0 Å². The molecular formula is C14H26O2. The third-order valence-corrected chi connectivity index (χ3v) is 2.81. The molecule has 0 radical (unpaired) electrons. The van der Waals surface area contributed by atoms with Gasteiger partial charge >= 0.3 is 0 Å². The van der Waals surface area contributed by atoms with Crippen molar-refractivity contribution in [3.8, 4) is 11.8 Å². The van der Waals surface area contributed by atoms with E-state index in [1.165, 1.54) is 12.8 Å². The van der Waals surface area contributed by atoms with Crippen molar-refractivity contribution >= 4 is 0 Å². The highest BCUT2D eigenvalue weighted by Crippen LogP contribution is 2.14. The highest BCUT2D eigenvalue weighted by molar-refractivity contribution is 5.03. The lowest BCUT2D eigenvalue weighted by atomic mass is 9.96. The second-order valence-corrected chi connectivity index (χ2v) is 4.95. The molecule has 0 rings (SSSR count). The van der Waals surface area contributed by atoms with Crippen LogP contribution in [0.5, 0.6) is 0 Å². The molecule has 0 spiro atoms. The monoisotopic (exact) mass is 226 g/mol. The summed E-state index contributed by atoms with van der Waals surface area (Å²) in [6, 6.07) is 0. The maximum Gasteiger partial charge on any atom is 0.154 e. The van der Waals surface area contributed by atoms with E-state index in [9.17, 15) is 0 Å². The molecule has 3 unspecified atom stereocenters. The van der Waals surface area contributed by atoms with Crippen LogP contribution in [0, 0.1) is 29.6 Å². The van der Waals surface area contributed by atoms with Gasteiger partial charge < -0.3 is 10.2 Å². The van der Waals surface area contributed by atoms with Crippen LogP contribution in [0.15, 0.2) is 0 Å². The van der Waals surface area contributed by atoms with Crippen LogP contribution in [-0.2, 0) is 0 Å². The van der Waals surface area contributed by atoms with Crippen LogP contribution in [0.3, 0.4) is 0 Å². The molecule has 3 atom stereocenters. The number of hydrogen-bond donors (Lipinski definition) is 2. The zero-order chi connectivity index (χ0) is 12.6. The Hall–Kier alpha value is -0.520. The number of aliphatic hydroxyl groups is 2. The number of hydrogen-bond acceptors (Lipinski definition) is 2. The van der Waals surface area contributed by atoms with E-state index in [0.717, 1.165) is 12.8 Å². The molecule has 16 heavy (non-hydrogen) atoms. The zero-order valence-electron chi connectivity index (χ0n) is 11.0. The maximum atomic E-state index is 8.96. The van der Waals surface area contributed by atoms with Crippen LogP contribution >= 0.6 is 0 Å². The largest absolute Gasteiger partial charge is 0.368 e. The minimum absolute atomic E-state index is 0.0997. The van der Waals surface area contributed by atoms with Gasteiger partial charge in [-0.1, -0.05) is 40.5 Å². The van der Waals surface area contributed by atoms with Crippen molar-refractivity contribution in [2.45, 2.75) is 59.7 Å². The van der Waals surface area contributed by atoms with Gasteiger partial charge in [-0.3, -0.25) is 0 Å². The van der Waals surface area contributed by atoms with Crippen molar-refractivity contribution in [1.29, 1.82) is 0 Å². The molecule has 0 fully saturated rings. The van der Waals surface area contributed by atoms with E-state index in [0.29, 0.717) is 5.92 Å². The summed E-state index contributed by atoms with van der Waals surface area (Å²) in [5.74, 6) is 7.20. The van der Waals surface area contributed by atoms with Crippen molar-refractivity contribution < 1.29 is 10.2 Å². The quantitative estimate of drug-likeness (QED) is 0.540. The molecule has 0 aliphatic carbocycles. The molecule has 0 amide bonds. The smallest absolute Gasteiger partial charge is 0.154 e. The first-order valence-corrected chi connectivity index (χ1v) is 6.31. The SMILES string of the molecule is CCCC(C)CC#CC(C)CC(C)C(O)O. The van der Waals surface area contributed by atoms with Gasteiger partial charge in [-0.15, -0.1) is 11.8 Å². The molecule has 2 nitrogen and oxygen atoms in total. The average molecular weight is 226 g/mol. The predicted molar refractivity (Wildman–Crippen MR) is 67.6 cm³/mol. The topological polar surface area (TPSA) is 40.5 Å². The van der Waals surface area contributed by atoms with Gasteiger partial charge in [0.2, 0.25) is 0 Å². The van der Waals surface area contributed by atoms with Gasteiger partial charge in [-0.2, -0.15) is 0 Å². The first kappa shape index (κ1) is 15.5. The average Bonchev–Trinajstić information content (AvgIpc) is 2.17. The third kappa shape index (κ3) is 7.73. The van der Waals surface area contributed by atoms with E-state index in [1.807, 2.05) is 13.8 Å². The summed E-state index contributed by atoms with van der Waals surface area (Å²) in [6.07, 6.45) is 2.92. The summed E-state index contributed by atoms with van der Waals surface area (Å²) < 4.78 is 0. The maximum absolute atomic E-state index is 8.96. The highest BCUT2D eigenvalue weighted by Gasteiger charge is 2.12. The molecule has 0 saturated carbocycles. The summed E-state index contributed by atoms with van der Waals surface area (Å²) in [5.41, 5.74) is 0. The lowest BCUT2D eigenvalue weighted by molar-refractivity contribution is -0.0821. The molecule has 2 heteroatoms. The molecule has 94 valence electrons. The number of rotatable bonds is 6. The minimum atomic E-state index is -1.22. The van der Waals surface area contributed by atoms with Crippen molar-refractivity contribution in [3.63, 3.8) is 0 Å². The third-order valence-electron chi connectivity index (χ3n) is 2.81. The van der Waals surface area contributed by atoms with Crippen molar-refractivity contribution in [3.05, 3.63) is 0 Å². The molecule has 0 aromatic heterocycles. The van der Waals surface area contributed by atoms with Crippen molar-refractivity contribution in [2.75, 3.05) is 0 Å². The van der Waals surface area contributed by atoms with Gasteiger partial charge in [0.15, 0.2) is 6.29 Å². The molecule has 0 saturated heterocycles. The van der Waals surface area contributed by atoms with E-state index < -0.39 is 6.29 Å². The summed E-state index contributed by atoms with van der Waals surface area (Å²) >= 11 is 0. The fourth-order valence-electron chi connectivity index (χ4n) is 1.74. The van der Waals surface area contributed by atoms with Gasteiger partial charge in [0.25, 0.3) is 0 Å². The Bertz CT molecular complexity index is 225. The molecular weight excluding hydrogens is 200 g/mol. The standard InChI is InChI=1S/C14H26O2/c1-5-7-11(2)8-6-9-12(3)10-13(4)14(15)16/h11-16H,5,7-8,10H2,1-4H3. The fraction of sp³-hybridized carbons (Fsp3) is 0.857. The van der Waals surface area contributed by atoms with Crippen LogP contribution in [0.25, 0.3) is 0 Å². The first-order chi connectivity index (χ1) is 7.47. The fourth-order valence-corrected chi connectivity index (χ4v) is 1.74. The Morgan fingerprint density at radius 2 is 1.75 bits per heavy atom. The molecule has 0 aliphatic heterocycles. The summed E-state index contributed by atoms with van der Waals surface area (Å²) in [5, 5.41) is 17.9. The van der Waals surface area contributed by atoms with Crippen molar-refractivity contribution in [2.24, 2.45) is 17.8 Å². The Morgan fingerprint density at radius 3 is 2.25 bits per heavy atom. The molecule has 2 N–H and O–H groups in total. The van der Waals surface area contributed by atoms with E-state index in [2.05, 4.69) is 25.7 Å². The highest BCUT2D eigenvalue weighted by atomic mass is 16.5. The van der Waals surface area contributed by atoms with Crippen LogP contribution in [0.1, 0.15) is 53.4 Å². The van der Waals surface area contributed by atoms with E-state index in [-0.39, 0.29) is 11.8 Å². The van der Waals surface area contributed by atoms with E-state index in [1.54, 1.807) is 0 Å². The van der Waals surface area contributed by atoms with Crippen LogP contribution in [-0.4, -0.2) is 16.5 Å². The normalized spacial score (nSPS) is 16.4. The van der Waals surface area contributed by atoms with E-state index in [4.69, 9.17) is 10.2 Å². The van der Waals surface area contributed by atoms with Gasteiger partial charge in [0.1, 0.15) is 0 Å². The molecule has 0 bridgehead atoms. The van der Waals surface area contributed by atoms with Crippen LogP contribution < -0.4 is 0 Å². The van der Waals surface area contributed by atoms with Crippen molar-refractivity contribution in [1.82, 2.24) is 0 Å². The lowest BCUT2D eigenvalue weighted by Crippen LogP contribution is -2.18. The van der Waals surface area contributed by atoms with Crippen LogP contribution in [0.2, 0.25) is 0 Å². The number of aliphatic hydroxyl groups excluding tert-OH is 1. The zero-order valence-corrected chi connectivity index (χ0v) is 11.0. The summed E-state index contributed by atoms with van der Waals surface area (Å²) in [4.78, 5) is 0. The Balaban J connectivity index is 3.86. The van der Waals surface area contributed by atoms with Gasteiger partial charge in [0, 0.05) is 18.3 Å². The predicted octanol–water partition coefficient (Wildman–Crippen LogP) is 2.79. The van der Waals surface area contributed by atoms with Gasteiger partial charge in [-0.25, -0.2) is 0 Å². The van der Waals surface area contributed by atoms with Gasteiger partial charge in [0.05, 0.1) is 0 Å². The second kappa shape index (κ2) is 8.61.